The van der Waals surface area contributed by atoms with E-state index in [4.69, 9.17) is 4.98 Å². The molecular weight excluding hydrogens is 204 g/mol. The second-order valence-electron chi connectivity index (χ2n) is 4.37. The predicted octanol–water partition coefficient (Wildman–Crippen LogP) is 3.47. The van der Waals surface area contributed by atoms with Crippen molar-refractivity contribution in [1.29, 1.82) is 0 Å². The quantitative estimate of drug-likeness (QED) is 0.847. The Labute approximate surface area is 96.1 Å². The van der Waals surface area contributed by atoms with Gasteiger partial charge in [0.2, 0.25) is 0 Å². The standard InChI is InChI=1S/C12H20N2S/c1-3-13-9(2)11-8-15-12(14-11)10-6-4-5-7-10/h8-10,13H,3-7H2,1-2H3. The highest BCUT2D eigenvalue weighted by Crippen LogP contribution is 2.36. The summed E-state index contributed by atoms with van der Waals surface area (Å²) in [6.07, 6.45) is 5.48. The maximum atomic E-state index is 4.77. The molecule has 1 fully saturated rings. The zero-order chi connectivity index (χ0) is 10.7. The molecule has 0 spiro atoms. The number of nitrogens with one attached hydrogen (secondary N) is 1. The Balaban J connectivity index is 2.02. The van der Waals surface area contributed by atoms with E-state index < -0.39 is 0 Å². The summed E-state index contributed by atoms with van der Waals surface area (Å²) in [7, 11) is 0. The van der Waals surface area contributed by atoms with Crippen LogP contribution >= 0.6 is 11.3 Å². The van der Waals surface area contributed by atoms with Crippen molar-refractivity contribution < 1.29 is 0 Å². The molecule has 1 aromatic rings. The second kappa shape index (κ2) is 5.08. The molecule has 0 saturated heterocycles. The van der Waals surface area contributed by atoms with Crippen LogP contribution in [0.5, 0.6) is 0 Å². The molecule has 0 aromatic carbocycles. The third-order valence-electron chi connectivity index (χ3n) is 3.20. The molecule has 1 atom stereocenters. The van der Waals surface area contributed by atoms with Gasteiger partial charge in [-0.25, -0.2) is 4.98 Å². The van der Waals surface area contributed by atoms with Gasteiger partial charge in [-0.15, -0.1) is 11.3 Å². The van der Waals surface area contributed by atoms with Crippen LogP contribution in [0.1, 0.15) is 62.2 Å². The van der Waals surface area contributed by atoms with Gasteiger partial charge < -0.3 is 5.32 Å². The first-order chi connectivity index (χ1) is 7.31. The third kappa shape index (κ3) is 2.58. The summed E-state index contributed by atoms with van der Waals surface area (Å²) in [4.78, 5) is 4.77. The molecule has 0 aliphatic heterocycles. The Morgan fingerprint density at radius 3 is 2.93 bits per heavy atom. The molecule has 84 valence electrons. The number of thiazole rings is 1. The SMILES string of the molecule is CCNC(C)c1csc(C2CCCC2)n1. The van der Waals surface area contributed by atoms with Gasteiger partial charge in [0.25, 0.3) is 0 Å². The molecule has 0 bridgehead atoms. The number of nitrogens with zero attached hydrogens (tertiary/aromatic N) is 1. The smallest absolute Gasteiger partial charge is 0.0959 e. The minimum absolute atomic E-state index is 0.404. The van der Waals surface area contributed by atoms with Crippen LogP contribution in [-0.2, 0) is 0 Å². The van der Waals surface area contributed by atoms with E-state index in [9.17, 15) is 0 Å². The van der Waals surface area contributed by atoms with E-state index >= 15 is 0 Å². The molecule has 1 aliphatic rings. The van der Waals surface area contributed by atoms with Crippen LogP contribution in [0.15, 0.2) is 5.38 Å². The van der Waals surface area contributed by atoms with Crippen molar-refractivity contribution in [3.8, 4) is 0 Å². The van der Waals surface area contributed by atoms with Gasteiger partial charge in [-0.2, -0.15) is 0 Å². The summed E-state index contributed by atoms with van der Waals surface area (Å²) in [6, 6.07) is 0.404. The van der Waals surface area contributed by atoms with E-state index in [1.807, 2.05) is 11.3 Å². The van der Waals surface area contributed by atoms with Crippen LogP contribution in [-0.4, -0.2) is 11.5 Å². The van der Waals surface area contributed by atoms with Gasteiger partial charge >= 0.3 is 0 Å². The monoisotopic (exact) mass is 224 g/mol. The van der Waals surface area contributed by atoms with Crippen molar-refractivity contribution in [3.05, 3.63) is 16.1 Å². The minimum atomic E-state index is 0.404. The van der Waals surface area contributed by atoms with Gasteiger partial charge in [-0.3, -0.25) is 0 Å². The number of hydrogen-bond donors (Lipinski definition) is 1. The second-order valence-corrected chi connectivity index (χ2v) is 5.26. The summed E-state index contributed by atoms with van der Waals surface area (Å²) in [6.45, 7) is 5.34. The Morgan fingerprint density at radius 2 is 2.27 bits per heavy atom. The lowest BCUT2D eigenvalue weighted by Gasteiger charge is -2.09. The molecule has 0 amide bonds. The zero-order valence-corrected chi connectivity index (χ0v) is 10.4. The summed E-state index contributed by atoms with van der Waals surface area (Å²) >= 11 is 1.85. The number of rotatable bonds is 4. The van der Waals surface area contributed by atoms with Crippen molar-refractivity contribution in [3.63, 3.8) is 0 Å². The summed E-state index contributed by atoms with van der Waals surface area (Å²) in [5.74, 6) is 0.762. The average molecular weight is 224 g/mol. The lowest BCUT2D eigenvalue weighted by Crippen LogP contribution is -2.18. The molecule has 2 nitrogen and oxygen atoms in total. The van der Waals surface area contributed by atoms with Crippen LogP contribution in [0.4, 0.5) is 0 Å². The van der Waals surface area contributed by atoms with Crippen molar-refractivity contribution in [2.45, 2.75) is 51.5 Å². The maximum Gasteiger partial charge on any atom is 0.0959 e. The van der Waals surface area contributed by atoms with Crippen LogP contribution in [0, 0.1) is 0 Å². The largest absolute Gasteiger partial charge is 0.309 e. The molecule has 1 aliphatic carbocycles. The summed E-state index contributed by atoms with van der Waals surface area (Å²) < 4.78 is 0. The lowest BCUT2D eigenvalue weighted by atomic mass is 10.1. The van der Waals surface area contributed by atoms with Crippen LogP contribution in [0.2, 0.25) is 0 Å². The molecule has 3 heteroatoms. The molecule has 2 rings (SSSR count). The molecular formula is C12H20N2S. The van der Waals surface area contributed by atoms with Crippen molar-refractivity contribution >= 4 is 11.3 Å². The highest BCUT2D eigenvalue weighted by atomic mass is 32.1. The van der Waals surface area contributed by atoms with Crippen LogP contribution in [0.3, 0.4) is 0 Å². The highest BCUT2D eigenvalue weighted by molar-refractivity contribution is 7.09. The molecule has 1 heterocycles. The Morgan fingerprint density at radius 1 is 1.53 bits per heavy atom. The van der Waals surface area contributed by atoms with E-state index in [1.165, 1.54) is 36.4 Å². The van der Waals surface area contributed by atoms with Gasteiger partial charge in [0.1, 0.15) is 0 Å². The summed E-state index contributed by atoms with van der Waals surface area (Å²) in [5, 5.41) is 7.00. The first-order valence-electron chi connectivity index (χ1n) is 6.00. The Bertz CT molecular complexity index is 302. The zero-order valence-electron chi connectivity index (χ0n) is 9.62. The Kier molecular flexibility index (Phi) is 3.76. The molecule has 1 N–H and O–H groups in total. The van der Waals surface area contributed by atoms with Crippen molar-refractivity contribution in [2.75, 3.05) is 6.54 Å². The van der Waals surface area contributed by atoms with E-state index in [1.54, 1.807) is 0 Å². The molecule has 0 radical (unpaired) electrons. The molecule has 1 aromatic heterocycles. The normalized spacial score (nSPS) is 19.6. The van der Waals surface area contributed by atoms with E-state index in [-0.39, 0.29) is 0 Å². The average Bonchev–Trinajstić information content (AvgIpc) is 2.89. The molecule has 1 saturated carbocycles. The predicted molar refractivity (Wildman–Crippen MR) is 65.4 cm³/mol. The maximum absolute atomic E-state index is 4.77. The molecule has 15 heavy (non-hydrogen) atoms. The fraction of sp³-hybridized carbons (Fsp3) is 0.750. The van der Waals surface area contributed by atoms with Gasteiger partial charge in [0, 0.05) is 17.3 Å². The fourth-order valence-corrected chi connectivity index (χ4v) is 3.36. The lowest BCUT2D eigenvalue weighted by molar-refractivity contribution is 0.581. The fourth-order valence-electron chi connectivity index (χ4n) is 2.27. The van der Waals surface area contributed by atoms with Gasteiger partial charge in [0.05, 0.1) is 10.7 Å². The van der Waals surface area contributed by atoms with Crippen molar-refractivity contribution in [1.82, 2.24) is 10.3 Å². The summed E-state index contributed by atoms with van der Waals surface area (Å²) in [5.41, 5.74) is 1.23. The Hall–Kier alpha value is -0.410. The highest BCUT2D eigenvalue weighted by Gasteiger charge is 2.20. The van der Waals surface area contributed by atoms with Crippen LogP contribution < -0.4 is 5.32 Å². The van der Waals surface area contributed by atoms with Gasteiger partial charge in [-0.05, 0) is 26.3 Å². The van der Waals surface area contributed by atoms with Gasteiger partial charge in [-0.1, -0.05) is 19.8 Å². The number of aromatic nitrogens is 1. The first kappa shape index (κ1) is 11.1. The topological polar surface area (TPSA) is 24.9 Å². The van der Waals surface area contributed by atoms with E-state index in [2.05, 4.69) is 24.5 Å². The first-order valence-corrected chi connectivity index (χ1v) is 6.88. The number of hydrogen-bond acceptors (Lipinski definition) is 3. The van der Waals surface area contributed by atoms with E-state index in [0.717, 1.165) is 12.5 Å². The van der Waals surface area contributed by atoms with Crippen molar-refractivity contribution in [2.24, 2.45) is 0 Å². The van der Waals surface area contributed by atoms with Crippen LogP contribution in [0.25, 0.3) is 0 Å². The van der Waals surface area contributed by atoms with Gasteiger partial charge in [0.15, 0.2) is 0 Å². The van der Waals surface area contributed by atoms with E-state index in [0.29, 0.717) is 6.04 Å². The minimum Gasteiger partial charge on any atom is -0.309 e. The molecule has 1 unspecified atom stereocenters. The third-order valence-corrected chi connectivity index (χ3v) is 4.22.